The molecule has 5 nitrogen and oxygen atoms in total. The molecule has 1 amide bonds. The van der Waals surface area contributed by atoms with Crippen LogP contribution in [-0.2, 0) is 0 Å². The SMILES string of the molecule is Cc1cc(N2CCN(C(=O)c3ccc(F)c(F)c3F)CC2)ncn1. The maximum atomic E-state index is 13.8. The Morgan fingerprint density at radius 3 is 2.42 bits per heavy atom. The normalized spacial score (nSPS) is 14.8. The zero-order chi connectivity index (χ0) is 17.3. The summed E-state index contributed by atoms with van der Waals surface area (Å²) in [7, 11) is 0. The molecule has 2 heterocycles. The minimum absolute atomic E-state index is 0.334. The highest BCUT2D eigenvalue weighted by atomic mass is 19.2. The van der Waals surface area contributed by atoms with Gasteiger partial charge in [0.25, 0.3) is 5.91 Å². The summed E-state index contributed by atoms with van der Waals surface area (Å²) < 4.78 is 40.0. The van der Waals surface area contributed by atoms with Gasteiger partial charge in [-0.3, -0.25) is 4.79 Å². The third kappa shape index (κ3) is 3.04. The summed E-state index contributed by atoms with van der Waals surface area (Å²) in [5.74, 6) is -4.28. The molecule has 1 aromatic carbocycles. The molecule has 3 rings (SSSR count). The number of aryl methyl sites for hydroxylation is 1. The number of piperazine rings is 1. The molecule has 0 atom stereocenters. The fourth-order valence-corrected chi connectivity index (χ4v) is 2.61. The fourth-order valence-electron chi connectivity index (χ4n) is 2.61. The van der Waals surface area contributed by atoms with Crippen molar-refractivity contribution in [3.05, 3.63) is 53.2 Å². The van der Waals surface area contributed by atoms with Crippen LogP contribution in [0, 0.1) is 24.4 Å². The van der Waals surface area contributed by atoms with Gasteiger partial charge in [0.1, 0.15) is 12.1 Å². The molecule has 0 radical (unpaired) electrons. The molecule has 1 aliphatic heterocycles. The first-order chi connectivity index (χ1) is 11.5. The highest BCUT2D eigenvalue weighted by Crippen LogP contribution is 2.19. The topological polar surface area (TPSA) is 49.3 Å². The number of hydrogen-bond donors (Lipinski definition) is 0. The summed E-state index contributed by atoms with van der Waals surface area (Å²) in [5.41, 5.74) is 0.377. The number of anilines is 1. The minimum Gasteiger partial charge on any atom is -0.353 e. The number of nitrogens with zero attached hydrogens (tertiary/aromatic N) is 4. The van der Waals surface area contributed by atoms with E-state index in [0.717, 1.165) is 23.6 Å². The summed E-state index contributed by atoms with van der Waals surface area (Å²) in [5, 5.41) is 0. The van der Waals surface area contributed by atoms with Crippen molar-refractivity contribution in [3.63, 3.8) is 0 Å². The van der Waals surface area contributed by atoms with Gasteiger partial charge >= 0.3 is 0 Å². The average molecular weight is 336 g/mol. The molecule has 2 aromatic rings. The quantitative estimate of drug-likeness (QED) is 0.789. The van der Waals surface area contributed by atoms with Crippen LogP contribution in [0.3, 0.4) is 0 Å². The van der Waals surface area contributed by atoms with Crippen molar-refractivity contribution in [2.75, 3.05) is 31.1 Å². The van der Waals surface area contributed by atoms with Crippen LogP contribution in [0.2, 0.25) is 0 Å². The Hall–Kier alpha value is -2.64. The molecule has 0 unspecified atom stereocenters. The number of rotatable bonds is 2. The Bertz CT molecular complexity index is 776. The van der Waals surface area contributed by atoms with Crippen molar-refractivity contribution in [2.45, 2.75) is 6.92 Å². The zero-order valence-corrected chi connectivity index (χ0v) is 13.0. The van der Waals surface area contributed by atoms with E-state index in [0.29, 0.717) is 26.2 Å². The summed E-state index contributed by atoms with van der Waals surface area (Å²) >= 11 is 0. The lowest BCUT2D eigenvalue weighted by molar-refractivity contribution is 0.0740. The smallest absolute Gasteiger partial charge is 0.257 e. The van der Waals surface area contributed by atoms with Gasteiger partial charge in [-0.25, -0.2) is 23.1 Å². The maximum absolute atomic E-state index is 13.8. The van der Waals surface area contributed by atoms with Crippen LogP contribution in [0.1, 0.15) is 16.1 Å². The van der Waals surface area contributed by atoms with Crippen LogP contribution in [-0.4, -0.2) is 47.0 Å². The van der Waals surface area contributed by atoms with Gasteiger partial charge in [-0.2, -0.15) is 0 Å². The third-order valence-corrected chi connectivity index (χ3v) is 3.95. The molecule has 8 heteroatoms. The van der Waals surface area contributed by atoms with Crippen LogP contribution >= 0.6 is 0 Å². The van der Waals surface area contributed by atoms with Gasteiger partial charge < -0.3 is 9.80 Å². The largest absolute Gasteiger partial charge is 0.353 e. The Labute approximate surface area is 136 Å². The molecular weight excluding hydrogens is 321 g/mol. The lowest BCUT2D eigenvalue weighted by atomic mass is 10.1. The maximum Gasteiger partial charge on any atom is 0.257 e. The van der Waals surface area contributed by atoms with Gasteiger partial charge in [0.2, 0.25) is 0 Å². The van der Waals surface area contributed by atoms with E-state index in [9.17, 15) is 18.0 Å². The first-order valence-corrected chi connectivity index (χ1v) is 7.43. The predicted molar refractivity (Wildman–Crippen MR) is 81.2 cm³/mol. The van der Waals surface area contributed by atoms with Crippen LogP contribution in [0.25, 0.3) is 0 Å². The van der Waals surface area contributed by atoms with Crippen LogP contribution in [0.15, 0.2) is 24.5 Å². The monoisotopic (exact) mass is 336 g/mol. The van der Waals surface area contributed by atoms with Crippen LogP contribution in [0.5, 0.6) is 0 Å². The van der Waals surface area contributed by atoms with Gasteiger partial charge in [0.15, 0.2) is 17.5 Å². The van der Waals surface area contributed by atoms with E-state index < -0.39 is 28.9 Å². The summed E-state index contributed by atoms with van der Waals surface area (Å²) in [4.78, 5) is 24.0. The molecule has 1 aromatic heterocycles. The Kier molecular flexibility index (Phi) is 4.37. The van der Waals surface area contributed by atoms with Crippen molar-refractivity contribution in [1.29, 1.82) is 0 Å². The first-order valence-electron chi connectivity index (χ1n) is 7.43. The average Bonchev–Trinajstić information content (AvgIpc) is 2.59. The second-order valence-corrected chi connectivity index (χ2v) is 5.52. The zero-order valence-electron chi connectivity index (χ0n) is 13.0. The number of carbonyl (C=O) groups excluding carboxylic acids is 1. The predicted octanol–water partition coefficient (Wildman–Crippen LogP) is 2.16. The van der Waals surface area contributed by atoms with E-state index in [1.54, 1.807) is 0 Å². The van der Waals surface area contributed by atoms with Gasteiger partial charge in [-0.1, -0.05) is 0 Å². The van der Waals surface area contributed by atoms with Crippen molar-refractivity contribution in [1.82, 2.24) is 14.9 Å². The number of aromatic nitrogens is 2. The minimum atomic E-state index is -1.63. The molecule has 1 saturated heterocycles. The second kappa shape index (κ2) is 6.46. The van der Waals surface area contributed by atoms with Crippen molar-refractivity contribution < 1.29 is 18.0 Å². The summed E-state index contributed by atoms with van der Waals surface area (Å²) in [6.45, 7) is 3.54. The lowest BCUT2D eigenvalue weighted by Crippen LogP contribution is -2.49. The molecule has 0 spiro atoms. The number of hydrogen-bond acceptors (Lipinski definition) is 4. The first kappa shape index (κ1) is 16.2. The van der Waals surface area contributed by atoms with E-state index in [4.69, 9.17) is 0 Å². The molecule has 0 saturated carbocycles. The van der Waals surface area contributed by atoms with Crippen LogP contribution < -0.4 is 4.90 Å². The number of carbonyl (C=O) groups is 1. The standard InChI is InChI=1S/C16H15F3N4O/c1-10-8-13(21-9-20-10)22-4-6-23(7-5-22)16(24)11-2-3-12(17)15(19)14(11)18/h2-3,8-9H,4-7H2,1H3. The van der Waals surface area contributed by atoms with E-state index in [1.807, 2.05) is 17.9 Å². The summed E-state index contributed by atoms with van der Waals surface area (Å²) in [6, 6.07) is 3.56. The molecule has 0 aliphatic carbocycles. The molecule has 1 aliphatic rings. The third-order valence-electron chi connectivity index (χ3n) is 3.95. The molecule has 1 fully saturated rings. The van der Waals surface area contributed by atoms with Gasteiger partial charge in [-0.05, 0) is 19.1 Å². The Balaban J connectivity index is 1.71. The van der Waals surface area contributed by atoms with Crippen LogP contribution in [0.4, 0.5) is 19.0 Å². The van der Waals surface area contributed by atoms with Gasteiger partial charge in [0, 0.05) is 37.9 Å². The highest BCUT2D eigenvalue weighted by Gasteiger charge is 2.26. The Morgan fingerprint density at radius 1 is 1.04 bits per heavy atom. The van der Waals surface area contributed by atoms with E-state index in [1.165, 1.54) is 11.2 Å². The van der Waals surface area contributed by atoms with Gasteiger partial charge in [0.05, 0.1) is 5.56 Å². The van der Waals surface area contributed by atoms with E-state index >= 15 is 0 Å². The molecule has 126 valence electrons. The Morgan fingerprint density at radius 2 is 1.75 bits per heavy atom. The number of benzene rings is 1. The van der Waals surface area contributed by atoms with Gasteiger partial charge in [-0.15, -0.1) is 0 Å². The second-order valence-electron chi connectivity index (χ2n) is 5.52. The summed E-state index contributed by atoms with van der Waals surface area (Å²) in [6.07, 6.45) is 1.47. The number of amides is 1. The molecule has 0 N–H and O–H groups in total. The lowest BCUT2D eigenvalue weighted by Gasteiger charge is -2.35. The van der Waals surface area contributed by atoms with Crippen molar-refractivity contribution >= 4 is 11.7 Å². The highest BCUT2D eigenvalue weighted by molar-refractivity contribution is 5.94. The number of halogens is 3. The van der Waals surface area contributed by atoms with Crippen molar-refractivity contribution in [2.24, 2.45) is 0 Å². The van der Waals surface area contributed by atoms with E-state index in [-0.39, 0.29) is 0 Å². The molecule has 24 heavy (non-hydrogen) atoms. The van der Waals surface area contributed by atoms with E-state index in [2.05, 4.69) is 9.97 Å². The fraction of sp³-hybridized carbons (Fsp3) is 0.312. The van der Waals surface area contributed by atoms with Crippen molar-refractivity contribution in [3.8, 4) is 0 Å². The molecular formula is C16H15F3N4O. The molecule has 0 bridgehead atoms.